The summed E-state index contributed by atoms with van der Waals surface area (Å²) in [5.41, 5.74) is 5.31. The van der Waals surface area contributed by atoms with Gasteiger partial charge in [-0.1, -0.05) is 36.4 Å². The molecule has 232 valence electrons. The summed E-state index contributed by atoms with van der Waals surface area (Å²) in [6.45, 7) is 1.29. The lowest BCUT2D eigenvalue weighted by Crippen LogP contribution is -2.59. The number of para-hydroxylation sites is 1. The second-order valence-electron chi connectivity index (χ2n) is 10.1. The van der Waals surface area contributed by atoms with E-state index in [9.17, 15) is 37.2 Å². The molecule has 9 nitrogen and oxygen atoms in total. The highest BCUT2D eigenvalue weighted by molar-refractivity contribution is 6.18. The van der Waals surface area contributed by atoms with Crippen molar-refractivity contribution in [3.05, 3.63) is 113 Å². The Balaban J connectivity index is 1.97. The summed E-state index contributed by atoms with van der Waals surface area (Å²) in [5.74, 6) is -4.37. The maximum absolute atomic E-state index is 14.1. The summed E-state index contributed by atoms with van der Waals surface area (Å²) in [4.78, 5) is 48.0. The molecule has 45 heavy (non-hydrogen) atoms. The van der Waals surface area contributed by atoms with Gasteiger partial charge in [-0.15, -0.1) is 0 Å². The number of likely N-dealkylation sites (N-methyl/N-ethyl adjacent to an activating group) is 2. The van der Waals surface area contributed by atoms with Gasteiger partial charge in [0.05, 0.1) is 17.3 Å². The van der Waals surface area contributed by atoms with Gasteiger partial charge in [0.15, 0.2) is 0 Å². The normalized spacial score (nSPS) is 18.7. The molecular weight excluding hydrogens is 592 g/mol. The predicted molar refractivity (Wildman–Crippen MR) is 157 cm³/mol. The van der Waals surface area contributed by atoms with Crippen molar-refractivity contribution in [3.63, 3.8) is 0 Å². The van der Waals surface area contributed by atoms with Crippen molar-refractivity contribution in [2.75, 3.05) is 20.1 Å². The first kappa shape index (κ1) is 32.4. The molecule has 1 aliphatic heterocycles. The maximum atomic E-state index is 14.1. The summed E-state index contributed by atoms with van der Waals surface area (Å²) in [6.07, 6.45) is -4.73. The number of nitrogens with zero attached hydrogens (tertiary/aromatic N) is 4. The number of alkyl halides is 3. The van der Waals surface area contributed by atoms with Crippen LogP contribution >= 0.6 is 0 Å². The molecule has 0 spiro atoms. The smallest absolute Gasteiger partial charge is 0.394 e. The number of aliphatic imine (C=N–C) groups is 1. The standard InChI is InChI=1S/C32H28F4N6O3/c1-3-42-28(39-23-10-5-4-6-11-23)25(26(38)30(44)41(2)17-16-37)24(19-12-14-22(33)15-13-19)27(31(42)45)40-29(43)20-8-7-9-21(18-20)32(34,35)36/h4-15,18,24,27H,3,17,38H2,1-2H3,(H,40,43)/b26-25-,39-28?. The zero-order valence-electron chi connectivity index (χ0n) is 24.2. The van der Waals surface area contributed by atoms with Crippen LogP contribution in [0, 0.1) is 17.1 Å². The Morgan fingerprint density at radius 2 is 1.73 bits per heavy atom. The molecule has 0 saturated carbocycles. The molecule has 3 aromatic rings. The van der Waals surface area contributed by atoms with Gasteiger partial charge in [-0.05, 0) is 55.0 Å². The van der Waals surface area contributed by atoms with E-state index in [1.165, 1.54) is 24.1 Å². The van der Waals surface area contributed by atoms with Crippen LogP contribution in [0.15, 0.2) is 95.1 Å². The van der Waals surface area contributed by atoms with Crippen LogP contribution in [0.2, 0.25) is 0 Å². The van der Waals surface area contributed by atoms with Crippen molar-refractivity contribution in [1.29, 1.82) is 5.26 Å². The first-order chi connectivity index (χ1) is 21.4. The monoisotopic (exact) mass is 620 g/mol. The number of hydrogen-bond acceptors (Lipinski definition) is 6. The van der Waals surface area contributed by atoms with Crippen molar-refractivity contribution in [2.45, 2.75) is 25.1 Å². The lowest BCUT2D eigenvalue weighted by Gasteiger charge is -2.41. The fourth-order valence-corrected chi connectivity index (χ4v) is 4.94. The fraction of sp³-hybridized carbons (Fsp3) is 0.219. The molecule has 0 bridgehead atoms. The second-order valence-corrected chi connectivity index (χ2v) is 10.1. The Labute approximate surface area is 256 Å². The molecule has 0 aliphatic carbocycles. The van der Waals surface area contributed by atoms with E-state index in [1.807, 2.05) is 6.07 Å². The molecule has 3 amide bonds. The minimum Gasteiger partial charge on any atom is -0.394 e. The molecule has 4 rings (SSSR count). The van der Waals surface area contributed by atoms with Crippen LogP contribution in [0.5, 0.6) is 0 Å². The van der Waals surface area contributed by atoms with E-state index in [4.69, 9.17) is 5.73 Å². The second kappa shape index (κ2) is 13.4. The fourth-order valence-electron chi connectivity index (χ4n) is 4.94. The molecule has 2 atom stereocenters. The number of nitrogens with two attached hydrogens (primary N) is 1. The van der Waals surface area contributed by atoms with Crippen molar-refractivity contribution in [1.82, 2.24) is 15.1 Å². The molecule has 3 aromatic carbocycles. The molecule has 13 heteroatoms. The van der Waals surface area contributed by atoms with E-state index in [-0.39, 0.29) is 35.6 Å². The summed E-state index contributed by atoms with van der Waals surface area (Å²) in [6, 6.07) is 17.4. The number of hydrogen-bond donors (Lipinski definition) is 2. The number of amidine groups is 1. The zero-order chi connectivity index (χ0) is 32.9. The molecular formula is C32H28F4N6O3. The summed E-state index contributed by atoms with van der Waals surface area (Å²) >= 11 is 0. The van der Waals surface area contributed by atoms with Crippen molar-refractivity contribution < 1.29 is 31.9 Å². The minimum atomic E-state index is -4.73. The average Bonchev–Trinajstić information content (AvgIpc) is 3.02. The van der Waals surface area contributed by atoms with E-state index >= 15 is 0 Å². The van der Waals surface area contributed by atoms with Crippen molar-refractivity contribution >= 4 is 29.2 Å². The van der Waals surface area contributed by atoms with Crippen LogP contribution < -0.4 is 11.1 Å². The molecule has 3 N–H and O–H groups in total. The van der Waals surface area contributed by atoms with Gasteiger partial charge in [-0.2, -0.15) is 18.4 Å². The number of nitriles is 1. The molecule has 1 heterocycles. The van der Waals surface area contributed by atoms with Crippen LogP contribution in [0.3, 0.4) is 0 Å². The van der Waals surface area contributed by atoms with Crippen LogP contribution in [0.1, 0.15) is 34.3 Å². The molecule has 1 aliphatic rings. The number of nitrogens with one attached hydrogen (secondary N) is 1. The molecule has 0 aromatic heterocycles. The lowest BCUT2D eigenvalue weighted by atomic mass is 9.78. The van der Waals surface area contributed by atoms with E-state index in [2.05, 4.69) is 10.3 Å². The topological polar surface area (TPSA) is 132 Å². The quantitative estimate of drug-likeness (QED) is 0.228. The first-order valence-electron chi connectivity index (χ1n) is 13.7. The van der Waals surface area contributed by atoms with Gasteiger partial charge in [-0.25, -0.2) is 9.38 Å². The largest absolute Gasteiger partial charge is 0.416 e. The summed E-state index contributed by atoms with van der Waals surface area (Å²) < 4.78 is 54.3. The minimum absolute atomic E-state index is 0.00366. The number of carbonyl (C=O) groups is 3. The van der Waals surface area contributed by atoms with Crippen LogP contribution in [0.4, 0.5) is 23.2 Å². The molecule has 1 saturated heterocycles. The van der Waals surface area contributed by atoms with Crippen LogP contribution in [0.25, 0.3) is 0 Å². The molecule has 1 fully saturated rings. The number of piperidine rings is 1. The van der Waals surface area contributed by atoms with E-state index < -0.39 is 52.9 Å². The highest BCUT2D eigenvalue weighted by Crippen LogP contribution is 2.38. The van der Waals surface area contributed by atoms with Gasteiger partial charge in [0.1, 0.15) is 29.9 Å². The highest BCUT2D eigenvalue weighted by atomic mass is 19.4. The maximum Gasteiger partial charge on any atom is 0.416 e. The van der Waals surface area contributed by atoms with Gasteiger partial charge in [0, 0.05) is 30.6 Å². The lowest BCUT2D eigenvalue weighted by molar-refractivity contribution is -0.137. The van der Waals surface area contributed by atoms with Crippen LogP contribution in [-0.4, -0.2) is 59.5 Å². The van der Waals surface area contributed by atoms with Crippen molar-refractivity contribution in [2.24, 2.45) is 10.7 Å². The predicted octanol–water partition coefficient (Wildman–Crippen LogP) is 4.51. The molecule has 0 radical (unpaired) electrons. The zero-order valence-corrected chi connectivity index (χ0v) is 24.2. The van der Waals surface area contributed by atoms with E-state index in [1.54, 1.807) is 37.3 Å². The Kier molecular flexibility index (Phi) is 9.66. The summed E-state index contributed by atoms with van der Waals surface area (Å²) in [7, 11) is 1.35. The van der Waals surface area contributed by atoms with Gasteiger partial charge < -0.3 is 16.0 Å². The third kappa shape index (κ3) is 7.01. The van der Waals surface area contributed by atoms with Crippen molar-refractivity contribution in [3.8, 4) is 6.07 Å². The Bertz CT molecular complexity index is 1700. The number of halogens is 4. The molecule has 2 unspecified atom stereocenters. The number of rotatable bonds is 7. The third-order valence-electron chi connectivity index (χ3n) is 7.12. The van der Waals surface area contributed by atoms with Gasteiger partial charge in [0.2, 0.25) is 0 Å². The van der Waals surface area contributed by atoms with Gasteiger partial charge >= 0.3 is 6.18 Å². The first-order valence-corrected chi connectivity index (χ1v) is 13.7. The number of carbonyl (C=O) groups excluding carboxylic acids is 3. The number of likely N-dealkylation sites (tertiary alicyclic amines) is 1. The van der Waals surface area contributed by atoms with Crippen LogP contribution in [-0.2, 0) is 15.8 Å². The number of benzene rings is 3. The summed E-state index contributed by atoms with van der Waals surface area (Å²) in [5, 5.41) is 11.7. The third-order valence-corrected chi connectivity index (χ3v) is 7.12. The SMILES string of the molecule is CCN1C(=O)C(NC(=O)c2cccc(C(F)(F)F)c2)C(c2ccc(F)cc2)/C(=C(/N)C(=O)N(C)CC#N)C1=Nc1ccccc1. The van der Waals surface area contributed by atoms with E-state index in [0.717, 1.165) is 35.2 Å². The van der Waals surface area contributed by atoms with E-state index in [0.29, 0.717) is 11.8 Å². The highest BCUT2D eigenvalue weighted by Gasteiger charge is 2.47. The van der Waals surface area contributed by atoms with Gasteiger partial charge in [-0.3, -0.25) is 19.3 Å². The number of amides is 3. The average molecular weight is 621 g/mol. The van der Waals surface area contributed by atoms with Gasteiger partial charge in [0.25, 0.3) is 17.7 Å². The Morgan fingerprint density at radius 3 is 2.33 bits per heavy atom. The Hall–Kier alpha value is -5.51. The Morgan fingerprint density at radius 1 is 1.07 bits per heavy atom.